The fourth-order valence-corrected chi connectivity index (χ4v) is 3.35. The van der Waals surface area contributed by atoms with E-state index in [9.17, 15) is 19.1 Å². The van der Waals surface area contributed by atoms with Gasteiger partial charge < -0.3 is 15.2 Å². The van der Waals surface area contributed by atoms with E-state index in [1.54, 1.807) is 0 Å². The zero-order valence-electron chi connectivity index (χ0n) is 11.5. The number of hydrogen-bond acceptors (Lipinski definition) is 4. The number of amides is 1. The summed E-state index contributed by atoms with van der Waals surface area (Å²) in [4.78, 5) is 23.5. The highest BCUT2D eigenvalue weighted by molar-refractivity contribution is 7.99. The Kier molecular flexibility index (Phi) is 4.72. The van der Waals surface area contributed by atoms with Crippen LogP contribution < -0.4 is 10.1 Å². The highest BCUT2D eigenvalue weighted by Gasteiger charge is 2.44. The molecule has 2 unspecified atom stereocenters. The van der Waals surface area contributed by atoms with E-state index in [2.05, 4.69) is 5.32 Å². The Morgan fingerprint density at radius 3 is 2.86 bits per heavy atom. The van der Waals surface area contributed by atoms with Crippen molar-refractivity contribution in [2.75, 3.05) is 11.5 Å². The Hall–Kier alpha value is -1.76. The highest BCUT2D eigenvalue weighted by Crippen LogP contribution is 2.28. The SMILES string of the molecule is CC(Oc1cccc(F)c1)C(=O)NC1(C(=O)O)CCSC1. The maximum absolute atomic E-state index is 13.1. The monoisotopic (exact) mass is 313 g/mol. The van der Waals surface area contributed by atoms with Gasteiger partial charge in [-0.15, -0.1) is 0 Å². The van der Waals surface area contributed by atoms with Gasteiger partial charge in [-0.1, -0.05) is 6.07 Å². The van der Waals surface area contributed by atoms with Gasteiger partial charge in [-0.3, -0.25) is 4.79 Å². The molecule has 1 saturated heterocycles. The number of nitrogens with one attached hydrogen (secondary N) is 1. The predicted octanol–water partition coefficient (Wildman–Crippen LogP) is 1.67. The van der Waals surface area contributed by atoms with Gasteiger partial charge >= 0.3 is 5.97 Å². The van der Waals surface area contributed by atoms with Crippen LogP contribution in [0.25, 0.3) is 0 Å². The van der Waals surface area contributed by atoms with E-state index in [1.807, 2.05) is 0 Å². The van der Waals surface area contributed by atoms with Crippen LogP contribution in [-0.4, -0.2) is 40.1 Å². The molecule has 1 amide bonds. The summed E-state index contributed by atoms with van der Waals surface area (Å²) >= 11 is 1.48. The van der Waals surface area contributed by atoms with Crippen LogP contribution in [-0.2, 0) is 9.59 Å². The quantitative estimate of drug-likeness (QED) is 0.865. The van der Waals surface area contributed by atoms with Crippen LogP contribution in [0.1, 0.15) is 13.3 Å². The molecule has 0 spiro atoms. The van der Waals surface area contributed by atoms with Crippen molar-refractivity contribution in [3.05, 3.63) is 30.1 Å². The number of carbonyl (C=O) groups excluding carboxylic acids is 1. The van der Waals surface area contributed by atoms with Crippen molar-refractivity contribution in [1.82, 2.24) is 5.32 Å². The molecule has 2 atom stereocenters. The molecule has 7 heteroatoms. The number of halogens is 1. The van der Waals surface area contributed by atoms with Gasteiger partial charge in [0.05, 0.1) is 0 Å². The van der Waals surface area contributed by atoms with Gasteiger partial charge in [-0.25, -0.2) is 9.18 Å². The number of benzene rings is 1. The van der Waals surface area contributed by atoms with Crippen LogP contribution >= 0.6 is 11.8 Å². The third-order valence-electron chi connectivity index (χ3n) is 3.27. The second kappa shape index (κ2) is 6.34. The Morgan fingerprint density at radius 2 is 2.29 bits per heavy atom. The first-order valence-electron chi connectivity index (χ1n) is 6.48. The molecule has 1 aromatic carbocycles. The molecule has 1 aliphatic heterocycles. The smallest absolute Gasteiger partial charge is 0.330 e. The van der Waals surface area contributed by atoms with Crippen molar-refractivity contribution in [1.29, 1.82) is 0 Å². The van der Waals surface area contributed by atoms with Crippen molar-refractivity contribution in [3.8, 4) is 5.75 Å². The summed E-state index contributed by atoms with van der Waals surface area (Å²) in [5, 5.41) is 11.9. The maximum Gasteiger partial charge on any atom is 0.330 e. The lowest BCUT2D eigenvalue weighted by Crippen LogP contribution is -2.57. The lowest BCUT2D eigenvalue weighted by atomic mass is 9.99. The van der Waals surface area contributed by atoms with E-state index < -0.39 is 29.3 Å². The molecular formula is C14H16FNO4S. The van der Waals surface area contributed by atoms with Crippen LogP contribution in [0.5, 0.6) is 5.75 Å². The summed E-state index contributed by atoms with van der Waals surface area (Å²) in [7, 11) is 0. The highest BCUT2D eigenvalue weighted by atomic mass is 32.2. The average molecular weight is 313 g/mol. The normalized spacial score (nSPS) is 22.6. The molecule has 114 valence electrons. The van der Waals surface area contributed by atoms with E-state index in [0.717, 1.165) is 0 Å². The first-order chi connectivity index (χ1) is 9.93. The Labute approximate surface area is 125 Å². The molecule has 1 aromatic rings. The summed E-state index contributed by atoms with van der Waals surface area (Å²) in [5.41, 5.74) is -1.23. The molecule has 2 N–H and O–H groups in total. The summed E-state index contributed by atoms with van der Waals surface area (Å²) in [6, 6.07) is 5.45. The number of ether oxygens (including phenoxy) is 1. The number of thioether (sulfide) groups is 1. The number of rotatable bonds is 5. The van der Waals surface area contributed by atoms with Crippen molar-refractivity contribution in [3.63, 3.8) is 0 Å². The van der Waals surface area contributed by atoms with Crippen molar-refractivity contribution >= 4 is 23.6 Å². The molecule has 5 nitrogen and oxygen atoms in total. The van der Waals surface area contributed by atoms with Crippen LogP contribution in [0.4, 0.5) is 4.39 Å². The van der Waals surface area contributed by atoms with E-state index in [0.29, 0.717) is 17.9 Å². The molecule has 0 saturated carbocycles. The van der Waals surface area contributed by atoms with Gasteiger partial charge in [-0.2, -0.15) is 11.8 Å². The minimum absolute atomic E-state index is 0.225. The second-order valence-electron chi connectivity index (χ2n) is 4.90. The number of carboxylic acid groups (broad SMARTS) is 1. The molecule has 21 heavy (non-hydrogen) atoms. The largest absolute Gasteiger partial charge is 0.481 e. The van der Waals surface area contributed by atoms with Gasteiger partial charge in [0.2, 0.25) is 0 Å². The van der Waals surface area contributed by atoms with Gasteiger partial charge in [0.1, 0.15) is 17.1 Å². The number of aliphatic carboxylic acids is 1. The van der Waals surface area contributed by atoms with E-state index in [1.165, 1.54) is 43.0 Å². The third-order valence-corrected chi connectivity index (χ3v) is 4.46. The average Bonchev–Trinajstić information content (AvgIpc) is 2.88. The summed E-state index contributed by atoms with van der Waals surface area (Å²) in [6.45, 7) is 1.50. The Morgan fingerprint density at radius 1 is 1.52 bits per heavy atom. The predicted molar refractivity (Wildman–Crippen MR) is 76.9 cm³/mol. The van der Waals surface area contributed by atoms with Crippen LogP contribution in [0.2, 0.25) is 0 Å². The minimum atomic E-state index is -1.23. The molecule has 0 aliphatic carbocycles. The fourth-order valence-electron chi connectivity index (χ4n) is 2.02. The number of carbonyl (C=O) groups is 2. The molecule has 2 rings (SSSR count). The van der Waals surface area contributed by atoms with Gasteiger partial charge in [0, 0.05) is 11.8 Å². The topological polar surface area (TPSA) is 75.6 Å². The molecule has 1 heterocycles. The zero-order valence-corrected chi connectivity index (χ0v) is 12.3. The van der Waals surface area contributed by atoms with E-state index in [-0.39, 0.29) is 5.75 Å². The van der Waals surface area contributed by atoms with Crippen molar-refractivity contribution in [2.45, 2.75) is 25.0 Å². The molecule has 0 radical (unpaired) electrons. The third kappa shape index (κ3) is 3.66. The van der Waals surface area contributed by atoms with Crippen LogP contribution in [0.15, 0.2) is 24.3 Å². The standard InChI is InChI=1S/C14H16FNO4S/c1-9(20-11-4-2-3-10(15)7-11)12(17)16-14(13(18)19)5-6-21-8-14/h2-4,7,9H,5-6,8H2,1H3,(H,16,17)(H,18,19). The zero-order chi connectivity index (χ0) is 15.5. The second-order valence-corrected chi connectivity index (χ2v) is 6.00. The van der Waals surface area contributed by atoms with E-state index in [4.69, 9.17) is 4.74 Å². The Balaban J connectivity index is 2.01. The summed E-state index contributed by atoms with van der Waals surface area (Å²) < 4.78 is 18.4. The lowest BCUT2D eigenvalue weighted by molar-refractivity contribution is -0.147. The van der Waals surface area contributed by atoms with Crippen molar-refractivity contribution in [2.24, 2.45) is 0 Å². The molecule has 1 fully saturated rings. The van der Waals surface area contributed by atoms with Gasteiger partial charge in [0.25, 0.3) is 5.91 Å². The van der Waals surface area contributed by atoms with Crippen molar-refractivity contribution < 1.29 is 23.8 Å². The molecule has 0 aromatic heterocycles. The van der Waals surface area contributed by atoms with Crippen LogP contribution in [0, 0.1) is 5.82 Å². The molecular weight excluding hydrogens is 297 g/mol. The Bertz CT molecular complexity index is 546. The summed E-state index contributed by atoms with van der Waals surface area (Å²) in [6.07, 6.45) is -0.528. The van der Waals surface area contributed by atoms with Crippen LogP contribution in [0.3, 0.4) is 0 Å². The molecule has 0 bridgehead atoms. The summed E-state index contributed by atoms with van der Waals surface area (Å²) in [5.74, 6) is -0.785. The minimum Gasteiger partial charge on any atom is -0.481 e. The van der Waals surface area contributed by atoms with Gasteiger partial charge in [-0.05, 0) is 31.2 Å². The van der Waals surface area contributed by atoms with Gasteiger partial charge in [0.15, 0.2) is 6.10 Å². The first-order valence-corrected chi connectivity index (χ1v) is 7.64. The fraction of sp³-hybridized carbons (Fsp3) is 0.429. The molecule has 1 aliphatic rings. The maximum atomic E-state index is 13.1. The first kappa shape index (κ1) is 15.6. The lowest BCUT2D eigenvalue weighted by Gasteiger charge is -2.26. The number of hydrogen-bond donors (Lipinski definition) is 2. The number of carboxylic acids is 1. The van der Waals surface area contributed by atoms with E-state index >= 15 is 0 Å².